The van der Waals surface area contributed by atoms with Gasteiger partial charge in [0.05, 0.1) is 40.5 Å². The van der Waals surface area contributed by atoms with E-state index in [9.17, 15) is 13.2 Å². The summed E-state index contributed by atoms with van der Waals surface area (Å²) in [7, 11) is -1.15. The first-order chi connectivity index (χ1) is 20.6. The number of aryl methyl sites for hydroxylation is 1. The first-order valence-corrected chi connectivity index (χ1v) is 15.5. The minimum atomic E-state index is -4.13. The van der Waals surface area contributed by atoms with Crippen LogP contribution in [0.25, 0.3) is 0 Å². The Labute approximate surface area is 264 Å². The van der Waals surface area contributed by atoms with Crippen LogP contribution < -0.4 is 23.9 Å². The van der Waals surface area contributed by atoms with E-state index in [1.165, 1.54) is 50.8 Å². The molecule has 0 saturated carbocycles. The van der Waals surface area contributed by atoms with E-state index in [1.807, 2.05) is 31.2 Å². The number of halogens is 2. The number of nitrogens with one attached hydrogen (secondary N) is 1. The molecule has 0 saturated heterocycles. The predicted octanol–water partition coefficient (Wildman–Crippen LogP) is 6.35. The molecule has 0 bridgehead atoms. The lowest BCUT2D eigenvalue weighted by Gasteiger charge is -2.24. The molecule has 0 aliphatic heterocycles. The van der Waals surface area contributed by atoms with Crippen molar-refractivity contribution in [2.45, 2.75) is 18.4 Å². The Morgan fingerprint density at radius 3 is 2.33 bits per heavy atom. The molecule has 0 aliphatic rings. The van der Waals surface area contributed by atoms with Crippen molar-refractivity contribution in [1.29, 1.82) is 0 Å². The van der Waals surface area contributed by atoms with Crippen molar-refractivity contribution in [1.82, 2.24) is 5.43 Å². The number of hydrazone groups is 1. The lowest BCUT2D eigenvalue weighted by molar-refractivity contribution is -0.119. The molecule has 0 aromatic heterocycles. The third kappa shape index (κ3) is 8.07. The molecule has 43 heavy (non-hydrogen) atoms. The Morgan fingerprint density at radius 2 is 1.67 bits per heavy atom. The highest BCUT2D eigenvalue weighted by Gasteiger charge is 2.27. The van der Waals surface area contributed by atoms with E-state index in [4.69, 9.17) is 25.8 Å². The number of sulfonamides is 1. The maximum absolute atomic E-state index is 13.5. The second kappa shape index (κ2) is 14.4. The van der Waals surface area contributed by atoms with Gasteiger partial charge >= 0.3 is 0 Å². The zero-order valence-electron chi connectivity index (χ0n) is 23.6. The van der Waals surface area contributed by atoms with Crippen molar-refractivity contribution in [3.8, 4) is 17.2 Å². The van der Waals surface area contributed by atoms with Crippen LogP contribution >= 0.6 is 27.5 Å². The summed E-state index contributed by atoms with van der Waals surface area (Å²) in [5.74, 6) is 0.673. The monoisotopic (exact) mass is 685 g/mol. The molecular formula is C31H29BrClN3O6S. The maximum Gasteiger partial charge on any atom is 0.264 e. The van der Waals surface area contributed by atoms with Crippen molar-refractivity contribution in [3.05, 3.63) is 111 Å². The van der Waals surface area contributed by atoms with Gasteiger partial charge in [0.25, 0.3) is 15.9 Å². The van der Waals surface area contributed by atoms with E-state index < -0.39 is 22.5 Å². The van der Waals surface area contributed by atoms with Gasteiger partial charge in [-0.25, -0.2) is 13.8 Å². The second-order valence-electron chi connectivity index (χ2n) is 9.25. The normalized spacial score (nSPS) is 11.3. The van der Waals surface area contributed by atoms with Crippen molar-refractivity contribution >= 4 is 55.4 Å². The van der Waals surface area contributed by atoms with Gasteiger partial charge in [-0.2, -0.15) is 5.10 Å². The van der Waals surface area contributed by atoms with E-state index in [1.54, 1.807) is 30.3 Å². The summed E-state index contributed by atoms with van der Waals surface area (Å²) in [5, 5.41) is 4.22. The van der Waals surface area contributed by atoms with Gasteiger partial charge in [-0.1, -0.05) is 59.6 Å². The molecule has 0 radical (unpaired) electrons. The van der Waals surface area contributed by atoms with E-state index in [0.29, 0.717) is 33.9 Å². The van der Waals surface area contributed by atoms with Gasteiger partial charge < -0.3 is 14.2 Å². The van der Waals surface area contributed by atoms with Crippen LogP contribution in [0.2, 0.25) is 5.02 Å². The van der Waals surface area contributed by atoms with Crippen LogP contribution in [0.5, 0.6) is 17.2 Å². The average molecular weight is 687 g/mol. The third-order valence-electron chi connectivity index (χ3n) is 6.20. The Kier molecular flexibility index (Phi) is 10.7. The molecule has 4 rings (SSSR count). The number of carbonyl (C=O) groups is 1. The number of rotatable bonds is 12. The molecule has 0 heterocycles. The number of methoxy groups -OCH3 is 2. The SMILES string of the molecule is COc1ccc(N(CC(=O)N/N=C\c2cc(Br)c(OCc3ccc(C)cc3)c(OC)c2)S(=O)(=O)c2ccccc2)cc1Cl. The molecule has 224 valence electrons. The number of nitrogens with zero attached hydrogens (tertiary/aromatic N) is 2. The molecule has 0 fully saturated rings. The van der Waals surface area contributed by atoms with Gasteiger partial charge in [-0.05, 0) is 76.4 Å². The molecule has 0 atom stereocenters. The Morgan fingerprint density at radius 1 is 0.977 bits per heavy atom. The fourth-order valence-electron chi connectivity index (χ4n) is 3.98. The largest absolute Gasteiger partial charge is 0.495 e. The van der Waals surface area contributed by atoms with Gasteiger partial charge in [-0.3, -0.25) is 9.10 Å². The van der Waals surface area contributed by atoms with Gasteiger partial charge in [0, 0.05) is 0 Å². The molecule has 12 heteroatoms. The van der Waals surface area contributed by atoms with Crippen molar-refractivity contribution in [2.24, 2.45) is 5.10 Å². The summed E-state index contributed by atoms with van der Waals surface area (Å²) in [5.41, 5.74) is 5.35. The molecule has 0 unspecified atom stereocenters. The minimum absolute atomic E-state index is 0.0138. The van der Waals surface area contributed by atoms with E-state index in [2.05, 4.69) is 26.5 Å². The number of hydrogen-bond donors (Lipinski definition) is 1. The van der Waals surface area contributed by atoms with E-state index in [0.717, 1.165) is 15.4 Å². The van der Waals surface area contributed by atoms with Gasteiger partial charge in [0.15, 0.2) is 11.5 Å². The number of ether oxygens (including phenoxy) is 3. The fraction of sp³-hybridized carbons (Fsp3) is 0.161. The number of benzene rings is 4. The first-order valence-electron chi connectivity index (χ1n) is 12.9. The highest BCUT2D eigenvalue weighted by molar-refractivity contribution is 9.10. The number of amides is 1. The zero-order valence-corrected chi connectivity index (χ0v) is 26.7. The fourth-order valence-corrected chi connectivity index (χ4v) is 6.24. The van der Waals surface area contributed by atoms with Gasteiger partial charge in [0.1, 0.15) is 18.9 Å². The van der Waals surface area contributed by atoms with Crippen LogP contribution in [0, 0.1) is 6.92 Å². The van der Waals surface area contributed by atoms with Crippen LogP contribution in [-0.2, 0) is 21.4 Å². The zero-order chi connectivity index (χ0) is 31.0. The lowest BCUT2D eigenvalue weighted by Crippen LogP contribution is -2.39. The predicted molar refractivity (Wildman–Crippen MR) is 171 cm³/mol. The quantitative estimate of drug-likeness (QED) is 0.138. The summed E-state index contributed by atoms with van der Waals surface area (Å²) >= 11 is 9.79. The van der Waals surface area contributed by atoms with E-state index >= 15 is 0 Å². The average Bonchev–Trinajstić information content (AvgIpc) is 3.00. The van der Waals surface area contributed by atoms with Crippen LogP contribution in [0.3, 0.4) is 0 Å². The van der Waals surface area contributed by atoms with Gasteiger partial charge in [-0.15, -0.1) is 0 Å². The van der Waals surface area contributed by atoms with Crippen molar-refractivity contribution in [2.75, 3.05) is 25.1 Å². The molecule has 9 nitrogen and oxygen atoms in total. The third-order valence-corrected chi connectivity index (χ3v) is 8.87. The molecule has 0 aliphatic carbocycles. The number of hydrogen-bond acceptors (Lipinski definition) is 7. The molecule has 4 aromatic rings. The summed E-state index contributed by atoms with van der Waals surface area (Å²) in [6, 6.07) is 23.7. The highest BCUT2D eigenvalue weighted by Crippen LogP contribution is 2.37. The second-order valence-corrected chi connectivity index (χ2v) is 12.4. The van der Waals surface area contributed by atoms with Crippen LogP contribution in [-0.4, -0.2) is 41.3 Å². The Bertz CT molecular complexity index is 1720. The van der Waals surface area contributed by atoms with Crippen molar-refractivity contribution in [3.63, 3.8) is 0 Å². The van der Waals surface area contributed by atoms with Crippen LogP contribution in [0.15, 0.2) is 99.4 Å². The lowest BCUT2D eigenvalue weighted by atomic mass is 10.2. The van der Waals surface area contributed by atoms with Crippen LogP contribution in [0.1, 0.15) is 16.7 Å². The smallest absolute Gasteiger partial charge is 0.264 e. The summed E-state index contributed by atoms with van der Waals surface area (Å²) in [6.07, 6.45) is 1.41. The molecule has 0 spiro atoms. The summed E-state index contributed by atoms with van der Waals surface area (Å²) in [6.45, 7) is 1.81. The summed E-state index contributed by atoms with van der Waals surface area (Å²) < 4.78 is 45.3. The molecule has 1 N–H and O–H groups in total. The Hall–Kier alpha value is -4.06. The number of anilines is 1. The van der Waals surface area contributed by atoms with E-state index in [-0.39, 0.29) is 15.6 Å². The minimum Gasteiger partial charge on any atom is -0.495 e. The van der Waals surface area contributed by atoms with Crippen molar-refractivity contribution < 1.29 is 27.4 Å². The number of carbonyl (C=O) groups excluding carboxylic acids is 1. The molecule has 4 aromatic carbocycles. The van der Waals surface area contributed by atoms with Crippen LogP contribution in [0.4, 0.5) is 5.69 Å². The first kappa shape index (κ1) is 31.9. The highest BCUT2D eigenvalue weighted by atomic mass is 79.9. The standard InChI is InChI=1S/C31H29BrClN3O6S/c1-21-9-11-22(12-10-21)20-42-31-26(32)15-23(16-29(31)41-3)18-34-35-30(37)19-36(24-13-14-28(40-2)27(33)17-24)43(38,39)25-7-5-4-6-8-25/h4-18H,19-20H2,1-3H3,(H,35,37)/b34-18-. The molecular weight excluding hydrogens is 658 g/mol. The maximum atomic E-state index is 13.5. The Balaban J connectivity index is 1.50. The van der Waals surface area contributed by atoms with Gasteiger partial charge in [0.2, 0.25) is 0 Å². The summed E-state index contributed by atoms with van der Waals surface area (Å²) in [4.78, 5) is 13.0. The topological polar surface area (TPSA) is 107 Å². The molecule has 1 amide bonds.